The Balaban J connectivity index is 1.94. The molecule has 6 nitrogen and oxygen atoms in total. The van der Waals surface area contributed by atoms with E-state index >= 15 is 0 Å². The largest absolute Gasteiger partial charge is 0.383 e. The summed E-state index contributed by atoms with van der Waals surface area (Å²) in [6, 6.07) is 1.77. The van der Waals surface area contributed by atoms with Gasteiger partial charge in [0.15, 0.2) is 0 Å². The number of likely N-dealkylation sites (N-methyl/N-ethyl adjacent to an activating group) is 1. The first-order valence-electron chi connectivity index (χ1n) is 6.21. The Kier molecular flexibility index (Phi) is 4.33. The van der Waals surface area contributed by atoms with E-state index in [0.717, 1.165) is 26.2 Å². The van der Waals surface area contributed by atoms with E-state index in [-0.39, 0.29) is 5.91 Å². The zero-order valence-corrected chi connectivity index (χ0v) is 11.0. The summed E-state index contributed by atoms with van der Waals surface area (Å²) in [6.07, 6.45) is 1.82. The lowest BCUT2D eigenvalue weighted by molar-refractivity contribution is 0.0657. The smallest absolute Gasteiger partial charge is 0.274 e. The highest BCUT2D eigenvalue weighted by Crippen LogP contribution is 2.06. The molecule has 0 bridgehead atoms. The molecule has 0 N–H and O–H groups in total. The van der Waals surface area contributed by atoms with Gasteiger partial charge in [-0.2, -0.15) is 5.10 Å². The molecule has 0 spiro atoms. The van der Waals surface area contributed by atoms with Crippen LogP contribution in [0.3, 0.4) is 0 Å². The Bertz CT molecular complexity index is 397. The van der Waals surface area contributed by atoms with Crippen LogP contribution in [0.4, 0.5) is 0 Å². The second-order valence-electron chi connectivity index (χ2n) is 4.55. The molecule has 18 heavy (non-hydrogen) atoms. The highest BCUT2D eigenvalue weighted by Gasteiger charge is 2.21. The molecule has 2 heterocycles. The number of amides is 1. The summed E-state index contributed by atoms with van der Waals surface area (Å²) in [7, 11) is 3.72. The molecule has 0 saturated carbocycles. The molecule has 1 aromatic rings. The molecular weight excluding hydrogens is 232 g/mol. The minimum absolute atomic E-state index is 0.0271. The average Bonchev–Trinajstić information content (AvgIpc) is 2.85. The molecule has 6 heteroatoms. The topological polar surface area (TPSA) is 50.6 Å². The number of carbonyl (C=O) groups excluding carboxylic acids is 1. The van der Waals surface area contributed by atoms with Gasteiger partial charge in [0.1, 0.15) is 5.69 Å². The molecule has 0 aliphatic carbocycles. The minimum Gasteiger partial charge on any atom is -0.383 e. The number of nitrogens with zero attached hydrogens (tertiary/aromatic N) is 4. The van der Waals surface area contributed by atoms with E-state index in [1.165, 1.54) is 0 Å². The number of hydrogen-bond acceptors (Lipinski definition) is 4. The number of aromatic nitrogens is 2. The van der Waals surface area contributed by atoms with Gasteiger partial charge in [-0.3, -0.25) is 9.48 Å². The molecule has 1 amide bonds. The molecular formula is C12H20N4O2. The first-order valence-corrected chi connectivity index (χ1v) is 6.21. The van der Waals surface area contributed by atoms with Gasteiger partial charge in [-0.05, 0) is 13.1 Å². The quantitative estimate of drug-likeness (QED) is 0.752. The van der Waals surface area contributed by atoms with Gasteiger partial charge in [0.2, 0.25) is 0 Å². The molecule has 0 radical (unpaired) electrons. The number of rotatable bonds is 4. The third-order valence-electron chi connectivity index (χ3n) is 3.17. The van der Waals surface area contributed by atoms with Crippen molar-refractivity contribution in [3.8, 4) is 0 Å². The van der Waals surface area contributed by atoms with Crippen LogP contribution >= 0.6 is 0 Å². The number of methoxy groups -OCH3 is 1. The summed E-state index contributed by atoms with van der Waals surface area (Å²) >= 11 is 0. The lowest BCUT2D eigenvalue weighted by Gasteiger charge is -2.31. The van der Waals surface area contributed by atoms with Crippen molar-refractivity contribution >= 4 is 5.91 Å². The van der Waals surface area contributed by atoms with Gasteiger partial charge in [0.25, 0.3) is 5.91 Å². The van der Waals surface area contributed by atoms with Crippen molar-refractivity contribution in [3.63, 3.8) is 0 Å². The summed E-state index contributed by atoms with van der Waals surface area (Å²) in [5.41, 5.74) is 0.524. The zero-order chi connectivity index (χ0) is 13.0. The number of ether oxygens (including phenoxy) is 1. The summed E-state index contributed by atoms with van der Waals surface area (Å²) in [5, 5.41) is 4.27. The van der Waals surface area contributed by atoms with Crippen LogP contribution in [0.2, 0.25) is 0 Å². The minimum atomic E-state index is 0.0271. The van der Waals surface area contributed by atoms with Crippen LogP contribution in [0.15, 0.2) is 12.3 Å². The number of hydrogen-bond donors (Lipinski definition) is 0. The van der Waals surface area contributed by atoms with E-state index in [9.17, 15) is 4.79 Å². The maximum atomic E-state index is 12.2. The maximum absolute atomic E-state index is 12.2. The molecule has 1 saturated heterocycles. The first kappa shape index (κ1) is 13.0. The summed E-state index contributed by atoms with van der Waals surface area (Å²) in [5.74, 6) is 0.0271. The molecule has 0 unspecified atom stereocenters. The van der Waals surface area contributed by atoms with Crippen LogP contribution in [-0.4, -0.2) is 72.4 Å². The SMILES string of the molecule is COCCn1ccc(C(=O)N2CCN(C)CC2)n1. The van der Waals surface area contributed by atoms with Gasteiger partial charge in [-0.25, -0.2) is 0 Å². The number of piperazine rings is 1. The van der Waals surface area contributed by atoms with Crippen molar-refractivity contribution in [1.29, 1.82) is 0 Å². The van der Waals surface area contributed by atoms with E-state index in [2.05, 4.69) is 17.0 Å². The van der Waals surface area contributed by atoms with Gasteiger partial charge < -0.3 is 14.5 Å². The summed E-state index contributed by atoms with van der Waals surface area (Å²) in [6.45, 7) is 4.68. The third-order valence-corrected chi connectivity index (χ3v) is 3.17. The van der Waals surface area contributed by atoms with Crippen molar-refractivity contribution in [2.24, 2.45) is 0 Å². The van der Waals surface area contributed by atoms with Gasteiger partial charge >= 0.3 is 0 Å². The van der Waals surface area contributed by atoms with Crippen LogP contribution in [0.1, 0.15) is 10.5 Å². The summed E-state index contributed by atoms with van der Waals surface area (Å²) in [4.78, 5) is 16.3. The first-order chi connectivity index (χ1) is 8.70. The molecule has 2 rings (SSSR count). The lowest BCUT2D eigenvalue weighted by atomic mass is 10.3. The van der Waals surface area contributed by atoms with Crippen LogP contribution in [0, 0.1) is 0 Å². The van der Waals surface area contributed by atoms with Gasteiger partial charge in [-0.15, -0.1) is 0 Å². The Morgan fingerprint density at radius 2 is 2.11 bits per heavy atom. The lowest BCUT2D eigenvalue weighted by Crippen LogP contribution is -2.47. The number of carbonyl (C=O) groups is 1. The predicted octanol–water partition coefficient (Wildman–Crippen LogP) is -0.0829. The van der Waals surface area contributed by atoms with E-state index in [1.54, 1.807) is 17.9 Å². The van der Waals surface area contributed by atoms with Gasteiger partial charge in [0, 0.05) is 39.5 Å². The standard InChI is InChI=1S/C12H20N4O2/c1-14-5-7-15(8-6-14)12(17)11-3-4-16(13-11)9-10-18-2/h3-4H,5-10H2,1-2H3. The van der Waals surface area contributed by atoms with Crippen LogP contribution in [0.5, 0.6) is 0 Å². The van der Waals surface area contributed by atoms with E-state index < -0.39 is 0 Å². The normalized spacial score (nSPS) is 17.1. The second kappa shape index (κ2) is 5.97. The third kappa shape index (κ3) is 3.08. The highest BCUT2D eigenvalue weighted by atomic mass is 16.5. The molecule has 1 aliphatic heterocycles. The molecule has 0 atom stereocenters. The van der Waals surface area contributed by atoms with Crippen LogP contribution < -0.4 is 0 Å². The van der Waals surface area contributed by atoms with Crippen molar-refractivity contribution in [2.75, 3.05) is 46.9 Å². The fourth-order valence-corrected chi connectivity index (χ4v) is 1.96. The van der Waals surface area contributed by atoms with E-state index in [0.29, 0.717) is 18.8 Å². The Labute approximate surface area is 107 Å². The second-order valence-corrected chi connectivity index (χ2v) is 4.55. The molecule has 100 valence electrons. The fourth-order valence-electron chi connectivity index (χ4n) is 1.96. The fraction of sp³-hybridized carbons (Fsp3) is 0.667. The predicted molar refractivity (Wildman–Crippen MR) is 67.5 cm³/mol. The van der Waals surface area contributed by atoms with Crippen LogP contribution in [-0.2, 0) is 11.3 Å². The zero-order valence-electron chi connectivity index (χ0n) is 11.0. The Morgan fingerprint density at radius 1 is 1.39 bits per heavy atom. The summed E-state index contributed by atoms with van der Waals surface area (Å²) < 4.78 is 6.72. The van der Waals surface area contributed by atoms with Crippen molar-refractivity contribution < 1.29 is 9.53 Å². The molecule has 1 aromatic heterocycles. The van der Waals surface area contributed by atoms with Crippen LogP contribution in [0.25, 0.3) is 0 Å². The maximum Gasteiger partial charge on any atom is 0.274 e. The molecule has 1 fully saturated rings. The Morgan fingerprint density at radius 3 is 2.78 bits per heavy atom. The van der Waals surface area contributed by atoms with Gasteiger partial charge in [0.05, 0.1) is 13.2 Å². The molecule has 0 aromatic carbocycles. The van der Waals surface area contributed by atoms with Crippen molar-refractivity contribution in [2.45, 2.75) is 6.54 Å². The Hall–Kier alpha value is -1.40. The van der Waals surface area contributed by atoms with Gasteiger partial charge in [-0.1, -0.05) is 0 Å². The highest BCUT2D eigenvalue weighted by molar-refractivity contribution is 5.92. The molecule has 1 aliphatic rings. The van der Waals surface area contributed by atoms with E-state index in [1.807, 2.05) is 11.1 Å². The monoisotopic (exact) mass is 252 g/mol. The van der Waals surface area contributed by atoms with Crippen molar-refractivity contribution in [3.05, 3.63) is 18.0 Å². The van der Waals surface area contributed by atoms with Crippen molar-refractivity contribution in [1.82, 2.24) is 19.6 Å². The van der Waals surface area contributed by atoms with E-state index in [4.69, 9.17) is 4.74 Å². The average molecular weight is 252 g/mol.